The molecule has 4 atom stereocenters. The van der Waals surface area contributed by atoms with Crippen molar-refractivity contribution in [3.8, 4) is 12.3 Å². The number of phosphoric ester groups is 1. The van der Waals surface area contributed by atoms with Crippen LogP contribution in [0, 0.1) is 12.3 Å². The van der Waals surface area contributed by atoms with E-state index in [2.05, 4.69) is 5.92 Å². The van der Waals surface area contributed by atoms with E-state index < -0.39 is 43.1 Å². The molecule has 3 N–H and O–H groups in total. The molecule has 0 aliphatic carbocycles. The average Bonchev–Trinajstić information content (AvgIpc) is 2.82. The molecule has 0 spiro atoms. The molecule has 1 aromatic rings. The predicted octanol–water partition coefficient (Wildman–Crippen LogP) is -0.270. The maximum atomic E-state index is 11.9. The molecule has 0 aromatic carbocycles. The fourth-order valence-electron chi connectivity index (χ4n) is 2.40. The molecule has 138 valence electrons. The fourth-order valence-corrected chi connectivity index (χ4v) is 3.35. The Labute approximate surface area is 143 Å². The van der Waals surface area contributed by atoms with Gasteiger partial charge in [0.15, 0.2) is 11.8 Å². The van der Waals surface area contributed by atoms with Gasteiger partial charge in [-0.05, 0) is 13.8 Å². The van der Waals surface area contributed by atoms with Gasteiger partial charge in [0.05, 0.1) is 18.8 Å². The molecule has 10 nitrogen and oxygen atoms in total. The summed E-state index contributed by atoms with van der Waals surface area (Å²) in [6, 6.07) is 1.07. The Hall–Kier alpha value is -1.73. The number of nitrogens with one attached hydrogen (secondary N) is 1. The molecule has 0 saturated carbocycles. The molecule has 2 heterocycles. The lowest BCUT2D eigenvalue weighted by atomic mass is 9.99. The Morgan fingerprint density at radius 2 is 2.28 bits per heavy atom. The molecular formula is C14H19N2O8P. The molecule has 1 aliphatic heterocycles. The first-order valence-electron chi connectivity index (χ1n) is 7.39. The minimum absolute atomic E-state index is 0.151. The number of aliphatic hydroxyl groups is 1. The van der Waals surface area contributed by atoms with Gasteiger partial charge in [-0.1, -0.05) is 5.92 Å². The van der Waals surface area contributed by atoms with E-state index in [9.17, 15) is 24.2 Å². The predicted molar refractivity (Wildman–Crippen MR) is 85.6 cm³/mol. The highest BCUT2D eigenvalue weighted by molar-refractivity contribution is 7.47. The van der Waals surface area contributed by atoms with Gasteiger partial charge in [-0.3, -0.25) is 23.4 Å². The first-order valence-corrected chi connectivity index (χ1v) is 8.88. The number of hydrogen-bond donors (Lipinski definition) is 3. The van der Waals surface area contributed by atoms with Gasteiger partial charge in [0.25, 0.3) is 5.56 Å². The number of aromatic amines is 1. The number of phosphoric acid groups is 1. The van der Waals surface area contributed by atoms with Gasteiger partial charge in [-0.25, -0.2) is 9.36 Å². The maximum Gasteiger partial charge on any atom is 0.472 e. The maximum absolute atomic E-state index is 11.9. The molecule has 1 aromatic heterocycles. The van der Waals surface area contributed by atoms with Gasteiger partial charge < -0.3 is 14.7 Å². The van der Waals surface area contributed by atoms with Crippen molar-refractivity contribution in [2.75, 3.05) is 6.61 Å². The lowest BCUT2D eigenvalue weighted by Crippen LogP contribution is -2.41. The van der Waals surface area contributed by atoms with Crippen molar-refractivity contribution < 1.29 is 28.3 Å². The van der Waals surface area contributed by atoms with E-state index in [-0.39, 0.29) is 13.0 Å². The van der Waals surface area contributed by atoms with Crippen LogP contribution in [0.15, 0.2) is 21.9 Å². The summed E-state index contributed by atoms with van der Waals surface area (Å²) in [4.78, 5) is 34.6. The smallest absolute Gasteiger partial charge is 0.373 e. The van der Waals surface area contributed by atoms with Crippen LogP contribution in [0.1, 0.15) is 26.5 Å². The topological polar surface area (TPSA) is 140 Å². The summed E-state index contributed by atoms with van der Waals surface area (Å²) in [6.07, 6.45) is 3.63. The van der Waals surface area contributed by atoms with Crippen molar-refractivity contribution >= 4 is 7.82 Å². The zero-order chi connectivity index (χ0) is 18.8. The van der Waals surface area contributed by atoms with Crippen LogP contribution in [0.4, 0.5) is 0 Å². The second-order valence-electron chi connectivity index (χ2n) is 5.82. The van der Waals surface area contributed by atoms with Crippen LogP contribution in [0.5, 0.6) is 0 Å². The number of H-pyrrole nitrogens is 1. The monoisotopic (exact) mass is 374 g/mol. The SMILES string of the molecule is C#CC1(O)CC(COP(=O)(O)OC(C)C)OC1n1ccc(=O)[nH]c1=O. The van der Waals surface area contributed by atoms with Gasteiger partial charge in [-0.2, -0.15) is 0 Å². The van der Waals surface area contributed by atoms with Crippen molar-refractivity contribution in [3.63, 3.8) is 0 Å². The molecule has 0 bridgehead atoms. The van der Waals surface area contributed by atoms with Crippen LogP contribution in [0.2, 0.25) is 0 Å². The van der Waals surface area contributed by atoms with E-state index in [1.54, 1.807) is 13.8 Å². The second-order valence-corrected chi connectivity index (χ2v) is 7.23. The second kappa shape index (κ2) is 7.25. The highest BCUT2D eigenvalue weighted by Gasteiger charge is 2.48. The number of hydrogen-bond acceptors (Lipinski definition) is 7. The Bertz CT molecular complexity index is 825. The number of rotatable bonds is 6. The summed E-state index contributed by atoms with van der Waals surface area (Å²) in [7, 11) is -4.29. The first kappa shape index (κ1) is 19.6. The third kappa shape index (κ3) is 4.67. The molecule has 1 aliphatic rings. The molecule has 25 heavy (non-hydrogen) atoms. The normalized spacial score (nSPS) is 28.6. The number of terminal acetylenes is 1. The zero-order valence-corrected chi connectivity index (χ0v) is 14.5. The number of nitrogens with zero attached hydrogens (tertiary/aromatic N) is 1. The average molecular weight is 374 g/mol. The van der Waals surface area contributed by atoms with Crippen molar-refractivity contribution in [1.29, 1.82) is 0 Å². The standard InChI is InChI=1S/C14H19N2O8P/c1-4-14(19)7-10(8-22-25(20,21)24-9(2)3)23-12(14)16-6-5-11(17)15-13(16)18/h1,5-6,9-10,12,19H,7-8H2,2-3H3,(H,20,21)(H,15,17,18). The van der Waals surface area contributed by atoms with Crippen molar-refractivity contribution in [1.82, 2.24) is 9.55 Å². The summed E-state index contributed by atoms with van der Waals surface area (Å²) in [5.74, 6) is 2.15. The van der Waals surface area contributed by atoms with Gasteiger partial charge in [0, 0.05) is 18.7 Å². The van der Waals surface area contributed by atoms with E-state index in [0.29, 0.717) is 0 Å². The van der Waals surface area contributed by atoms with E-state index in [1.165, 1.54) is 0 Å². The molecule has 1 fully saturated rings. The van der Waals surface area contributed by atoms with Crippen molar-refractivity contribution in [2.24, 2.45) is 0 Å². The van der Waals surface area contributed by atoms with Crippen LogP contribution >= 0.6 is 7.82 Å². The van der Waals surface area contributed by atoms with Crippen molar-refractivity contribution in [3.05, 3.63) is 33.1 Å². The third-order valence-electron chi connectivity index (χ3n) is 3.39. The van der Waals surface area contributed by atoms with Crippen LogP contribution < -0.4 is 11.2 Å². The van der Waals surface area contributed by atoms with Gasteiger partial charge in [-0.15, -0.1) is 6.42 Å². The van der Waals surface area contributed by atoms with Gasteiger partial charge in [0.1, 0.15) is 0 Å². The summed E-state index contributed by atoms with van der Waals surface area (Å²) < 4.78 is 27.7. The highest BCUT2D eigenvalue weighted by atomic mass is 31.2. The molecule has 1 saturated heterocycles. The largest absolute Gasteiger partial charge is 0.472 e. The molecular weight excluding hydrogens is 355 g/mol. The number of aromatic nitrogens is 2. The highest BCUT2D eigenvalue weighted by Crippen LogP contribution is 2.46. The summed E-state index contributed by atoms with van der Waals surface area (Å²) >= 11 is 0. The van der Waals surface area contributed by atoms with Crippen molar-refractivity contribution in [2.45, 2.75) is 44.3 Å². The zero-order valence-electron chi connectivity index (χ0n) is 13.6. The molecule has 0 radical (unpaired) electrons. The number of ether oxygens (including phenoxy) is 1. The Balaban J connectivity index is 2.16. The quantitative estimate of drug-likeness (QED) is 0.457. The molecule has 2 rings (SSSR count). The molecule has 4 unspecified atom stereocenters. The third-order valence-corrected chi connectivity index (χ3v) is 4.55. The molecule has 11 heteroatoms. The van der Waals surface area contributed by atoms with E-state index >= 15 is 0 Å². The minimum atomic E-state index is -4.29. The molecule has 0 amide bonds. The lowest BCUT2D eigenvalue weighted by molar-refractivity contribution is -0.0743. The van der Waals surface area contributed by atoms with E-state index in [0.717, 1.165) is 16.8 Å². The minimum Gasteiger partial charge on any atom is -0.373 e. The Morgan fingerprint density at radius 1 is 1.60 bits per heavy atom. The first-order chi connectivity index (χ1) is 11.6. The van der Waals surface area contributed by atoms with Gasteiger partial charge >= 0.3 is 13.5 Å². The van der Waals surface area contributed by atoms with Crippen LogP contribution in [0.3, 0.4) is 0 Å². The Morgan fingerprint density at radius 3 is 2.84 bits per heavy atom. The fraction of sp³-hybridized carbons (Fsp3) is 0.571. The summed E-state index contributed by atoms with van der Waals surface area (Å²) in [6.45, 7) is 2.74. The van der Waals surface area contributed by atoms with Crippen LogP contribution in [0.25, 0.3) is 0 Å². The van der Waals surface area contributed by atoms with Gasteiger partial charge in [0.2, 0.25) is 0 Å². The lowest BCUT2D eigenvalue weighted by Gasteiger charge is -2.24. The Kier molecular flexibility index (Phi) is 5.68. The van der Waals surface area contributed by atoms with E-state index in [1.807, 2.05) is 4.98 Å². The summed E-state index contributed by atoms with van der Waals surface area (Å²) in [5.41, 5.74) is -3.30. The van der Waals surface area contributed by atoms with Crippen LogP contribution in [-0.2, 0) is 18.3 Å². The van der Waals surface area contributed by atoms with Crippen LogP contribution in [-0.4, -0.2) is 44.0 Å². The summed E-state index contributed by atoms with van der Waals surface area (Å²) in [5, 5.41) is 10.5. The van der Waals surface area contributed by atoms with E-state index in [4.69, 9.17) is 20.2 Å².